The molecule has 1 aromatic heterocycles. The fraction of sp³-hybridized carbons (Fsp3) is 0.346. The highest BCUT2D eigenvalue weighted by Gasteiger charge is 2.25. The molecule has 2 aromatic carbocycles. The van der Waals surface area contributed by atoms with Crippen molar-refractivity contribution in [3.63, 3.8) is 0 Å². The zero-order valence-corrected chi connectivity index (χ0v) is 19.3. The lowest BCUT2D eigenvalue weighted by molar-refractivity contribution is 0.0742. The van der Waals surface area contributed by atoms with Crippen LogP contribution < -0.4 is 9.64 Å². The Bertz CT molecular complexity index is 1100. The van der Waals surface area contributed by atoms with E-state index in [0.717, 1.165) is 30.2 Å². The second-order valence-electron chi connectivity index (χ2n) is 8.24. The summed E-state index contributed by atoms with van der Waals surface area (Å²) in [5.41, 5.74) is 6.37. The highest BCUT2D eigenvalue weighted by Crippen LogP contribution is 2.26. The maximum absolute atomic E-state index is 13.0. The fourth-order valence-corrected chi connectivity index (χ4v) is 4.11. The summed E-state index contributed by atoms with van der Waals surface area (Å²) in [6.45, 7) is 11.5. The summed E-state index contributed by atoms with van der Waals surface area (Å²) in [5, 5.41) is 8.99. The zero-order chi connectivity index (χ0) is 22.7. The van der Waals surface area contributed by atoms with Crippen LogP contribution in [0, 0.1) is 20.8 Å². The van der Waals surface area contributed by atoms with Gasteiger partial charge in [-0.3, -0.25) is 4.79 Å². The SMILES string of the molecule is CCOc1ccccc1C(=O)N1CCN(c2ccc(-c3cc(C)c(C)cc3C)nn2)CC1. The van der Waals surface area contributed by atoms with Crippen molar-refractivity contribution in [2.75, 3.05) is 37.7 Å². The number of ether oxygens (including phenoxy) is 1. The predicted octanol–water partition coefficient (Wildman–Crippen LogP) is 4.43. The Kier molecular flexibility index (Phi) is 6.40. The van der Waals surface area contributed by atoms with Crippen LogP contribution in [0.15, 0.2) is 48.5 Å². The van der Waals surface area contributed by atoms with E-state index in [-0.39, 0.29) is 5.91 Å². The average molecular weight is 431 g/mol. The molecule has 6 nitrogen and oxygen atoms in total. The van der Waals surface area contributed by atoms with Crippen LogP contribution in [0.5, 0.6) is 5.75 Å². The lowest BCUT2D eigenvalue weighted by atomic mass is 9.99. The van der Waals surface area contributed by atoms with E-state index >= 15 is 0 Å². The highest BCUT2D eigenvalue weighted by atomic mass is 16.5. The monoisotopic (exact) mass is 430 g/mol. The second kappa shape index (κ2) is 9.39. The summed E-state index contributed by atoms with van der Waals surface area (Å²) < 4.78 is 5.63. The zero-order valence-electron chi connectivity index (χ0n) is 19.3. The minimum absolute atomic E-state index is 0.0142. The summed E-state index contributed by atoms with van der Waals surface area (Å²) in [4.78, 5) is 17.1. The Balaban J connectivity index is 1.43. The second-order valence-corrected chi connectivity index (χ2v) is 8.24. The number of hydrogen-bond acceptors (Lipinski definition) is 5. The molecule has 1 amide bonds. The molecule has 3 aromatic rings. The van der Waals surface area contributed by atoms with Gasteiger partial charge >= 0.3 is 0 Å². The Labute approximate surface area is 189 Å². The van der Waals surface area contributed by atoms with Gasteiger partial charge in [-0.05, 0) is 74.7 Å². The van der Waals surface area contributed by atoms with Gasteiger partial charge in [0.25, 0.3) is 5.91 Å². The van der Waals surface area contributed by atoms with Gasteiger partial charge in [0.05, 0.1) is 17.9 Å². The lowest BCUT2D eigenvalue weighted by Gasteiger charge is -2.35. The molecule has 6 heteroatoms. The standard InChI is InChI=1S/C26H30N4O2/c1-5-32-24-9-7-6-8-21(24)26(31)30-14-12-29(13-15-30)25-11-10-23(27-28-25)22-17-19(3)18(2)16-20(22)4/h6-11,16-17H,5,12-15H2,1-4H3. The molecular formula is C26H30N4O2. The molecule has 1 aliphatic rings. The molecule has 2 heterocycles. The Morgan fingerprint density at radius 1 is 0.906 bits per heavy atom. The van der Waals surface area contributed by atoms with E-state index in [2.05, 4.69) is 48.0 Å². The third-order valence-electron chi connectivity index (χ3n) is 6.08. The molecule has 0 saturated carbocycles. The number of carbonyl (C=O) groups is 1. The quantitative estimate of drug-likeness (QED) is 0.599. The Morgan fingerprint density at radius 2 is 1.62 bits per heavy atom. The first-order chi connectivity index (χ1) is 15.5. The van der Waals surface area contributed by atoms with Gasteiger partial charge in [0.15, 0.2) is 5.82 Å². The van der Waals surface area contributed by atoms with Crippen molar-refractivity contribution in [1.29, 1.82) is 0 Å². The molecule has 0 radical (unpaired) electrons. The van der Waals surface area contributed by atoms with Crippen LogP contribution in [-0.4, -0.2) is 53.8 Å². The molecule has 0 spiro atoms. The van der Waals surface area contributed by atoms with Crippen LogP contribution in [-0.2, 0) is 0 Å². The molecule has 1 fully saturated rings. The van der Waals surface area contributed by atoms with Crippen LogP contribution in [0.3, 0.4) is 0 Å². The van der Waals surface area contributed by atoms with Gasteiger partial charge in [-0.2, -0.15) is 0 Å². The van der Waals surface area contributed by atoms with E-state index in [1.54, 1.807) is 0 Å². The van der Waals surface area contributed by atoms with E-state index in [0.29, 0.717) is 31.0 Å². The van der Waals surface area contributed by atoms with Crippen LogP contribution in [0.2, 0.25) is 0 Å². The van der Waals surface area contributed by atoms with Crippen molar-refractivity contribution in [3.05, 3.63) is 70.8 Å². The molecule has 0 bridgehead atoms. The molecule has 32 heavy (non-hydrogen) atoms. The summed E-state index contributed by atoms with van der Waals surface area (Å²) >= 11 is 0. The van der Waals surface area contributed by atoms with Gasteiger partial charge in [-0.15, -0.1) is 10.2 Å². The summed E-state index contributed by atoms with van der Waals surface area (Å²) in [6, 6.07) is 15.9. The minimum Gasteiger partial charge on any atom is -0.493 e. The van der Waals surface area contributed by atoms with E-state index in [1.807, 2.05) is 48.2 Å². The van der Waals surface area contributed by atoms with Crippen LogP contribution in [0.25, 0.3) is 11.3 Å². The van der Waals surface area contributed by atoms with Crippen molar-refractivity contribution < 1.29 is 9.53 Å². The maximum Gasteiger partial charge on any atom is 0.257 e. The number of piperazine rings is 1. The van der Waals surface area contributed by atoms with E-state index in [9.17, 15) is 4.79 Å². The number of rotatable bonds is 5. The van der Waals surface area contributed by atoms with Gasteiger partial charge in [0, 0.05) is 31.7 Å². The van der Waals surface area contributed by atoms with Crippen LogP contribution >= 0.6 is 0 Å². The normalized spacial score (nSPS) is 13.9. The number of carbonyl (C=O) groups excluding carboxylic acids is 1. The minimum atomic E-state index is 0.0142. The van der Waals surface area contributed by atoms with Gasteiger partial charge in [-0.1, -0.05) is 18.2 Å². The summed E-state index contributed by atoms with van der Waals surface area (Å²) in [5.74, 6) is 1.50. The molecule has 1 saturated heterocycles. The number of aryl methyl sites for hydroxylation is 3. The molecule has 0 unspecified atom stereocenters. The number of anilines is 1. The summed E-state index contributed by atoms with van der Waals surface area (Å²) in [6.07, 6.45) is 0. The molecule has 0 aliphatic carbocycles. The topological polar surface area (TPSA) is 58.6 Å². The highest BCUT2D eigenvalue weighted by molar-refractivity contribution is 5.97. The molecule has 0 N–H and O–H groups in total. The number of hydrogen-bond donors (Lipinski definition) is 0. The molecule has 166 valence electrons. The summed E-state index contributed by atoms with van der Waals surface area (Å²) in [7, 11) is 0. The van der Waals surface area contributed by atoms with Crippen LogP contribution in [0.4, 0.5) is 5.82 Å². The van der Waals surface area contributed by atoms with Gasteiger partial charge < -0.3 is 14.5 Å². The molecule has 1 aliphatic heterocycles. The number of para-hydroxylation sites is 1. The van der Waals surface area contributed by atoms with E-state index < -0.39 is 0 Å². The smallest absolute Gasteiger partial charge is 0.257 e. The third kappa shape index (κ3) is 4.44. The van der Waals surface area contributed by atoms with Gasteiger partial charge in [0.2, 0.25) is 0 Å². The Hall–Kier alpha value is -3.41. The number of benzene rings is 2. The first kappa shape index (κ1) is 21.8. The fourth-order valence-electron chi connectivity index (χ4n) is 4.11. The number of nitrogens with zero attached hydrogens (tertiary/aromatic N) is 4. The number of aromatic nitrogens is 2. The van der Waals surface area contributed by atoms with Gasteiger partial charge in [0.1, 0.15) is 5.75 Å². The van der Waals surface area contributed by atoms with Crippen molar-refractivity contribution in [1.82, 2.24) is 15.1 Å². The number of amides is 1. The molecule has 4 rings (SSSR count). The average Bonchev–Trinajstić information content (AvgIpc) is 2.82. The van der Waals surface area contributed by atoms with Crippen molar-refractivity contribution in [2.45, 2.75) is 27.7 Å². The van der Waals surface area contributed by atoms with Crippen molar-refractivity contribution in [2.24, 2.45) is 0 Å². The molecule has 0 atom stereocenters. The lowest BCUT2D eigenvalue weighted by Crippen LogP contribution is -2.49. The first-order valence-electron chi connectivity index (χ1n) is 11.2. The van der Waals surface area contributed by atoms with E-state index in [1.165, 1.54) is 16.7 Å². The molecular weight excluding hydrogens is 400 g/mol. The maximum atomic E-state index is 13.0. The van der Waals surface area contributed by atoms with Crippen LogP contribution in [0.1, 0.15) is 34.0 Å². The van der Waals surface area contributed by atoms with Gasteiger partial charge in [-0.25, -0.2) is 0 Å². The first-order valence-corrected chi connectivity index (χ1v) is 11.2. The third-order valence-corrected chi connectivity index (χ3v) is 6.08. The largest absolute Gasteiger partial charge is 0.493 e. The van der Waals surface area contributed by atoms with Crippen molar-refractivity contribution in [3.8, 4) is 17.0 Å². The Morgan fingerprint density at radius 3 is 2.31 bits per heavy atom. The van der Waals surface area contributed by atoms with Crippen molar-refractivity contribution >= 4 is 11.7 Å². The predicted molar refractivity (Wildman–Crippen MR) is 127 cm³/mol. The van der Waals surface area contributed by atoms with E-state index in [4.69, 9.17) is 4.74 Å².